The second-order valence-corrected chi connectivity index (χ2v) is 20.1. The molecule has 0 amide bonds. The van der Waals surface area contributed by atoms with Crippen LogP contribution in [0.15, 0.2) is 94.3 Å². The number of ether oxygens (including phenoxy) is 4. The number of halogens is 17. The molecule has 3 aliphatic rings. The van der Waals surface area contributed by atoms with E-state index in [9.17, 15) is 92.8 Å². The summed E-state index contributed by atoms with van der Waals surface area (Å²) in [7, 11) is -8.73. The van der Waals surface area contributed by atoms with Crippen molar-refractivity contribution in [1.29, 1.82) is 0 Å². The summed E-state index contributed by atoms with van der Waals surface area (Å²) in [6.07, 6.45) is -8.43. The van der Waals surface area contributed by atoms with Crippen molar-refractivity contribution in [2.24, 2.45) is 0 Å². The lowest BCUT2D eigenvalue weighted by Gasteiger charge is -2.43. The Morgan fingerprint density at radius 3 is 1.81 bits per heavy atom. The molecule has 3 heterocycles. The molecule has 3 aliphatic heterocycles. The van der Waals surface area contributed by atoms with Crippen molar-refractivity contribution in [2.45, 2.75) is 108 Å². The summed E-state index contributed by atoms with van der Waals surface area (Å²) < 4.78 is 317. The number of nitrogens with zero attached hydrogens (tertiary/aromatic N) is 3. The molecule has 404 valence electrons. The Morgan fingerprint density at radius 1 is 0.750 bits per heavy atom. The molecule has 2 aromatic rings. The van der Waals surface area contributed by atoms with E-state index in [-0.39, 0.29) is 27.8 Å². The minimum Gasteiger partial charge on any atom is -0.370 e. The highest BCUT2D eigenvalue weighted by molar-refractivity contribution is 7.89. The molecule has 0 spiro atoms. The van der Waals surface area contributed by atoms with Gasteiger partial charge in [-0.3, -0.25) is 10.1 Å². The van der Waals surface area contributed by atoms with Crippen LogP contribution in [0.4, 0.5) is 80.3 Å². The third kappa shape index (κ3) is 10.7. The second kappa shape index (κ2) is 20.3. The van der Waals surface area contributed by atoms with Gasteiger partial charge in [0.2, 0.25) is 20.0 Å². The summed E-state index contributed by atoms with van der Waals surface area (Å²) in [4.78, 5) is 9.25. The minimum absolute atomic E-state index is 0.0830. The lowest BCUT2D eigenvalue weighted by molar-refractivity contribution is -0.461. The zero-order valence-corrected chi connectivity index (χ0v) is 38.1. The van der Waals surface area contributed by atoms with Crippen molar-refractivity contribution in [1.82, 2.24) is 8.61 Å². The van der Waals surface area contributed by atoms with Crippen molar-refractivity contribution in [3.8, 4) is 0 Å². The Bertz CT molecular complexity index is 2600. The minimum atomic E-state index is -8.84. The molecule has 72 heavy (non-hydrogen) atoms. The fraction of sp³-hybridized carbons (Fsp3) is 0.550. The molecule has 0 fully saturated rings. The normalized spacial score (nSPS) is 21.9. The van der Waals surface area contributed by atoms with Crippen LogP contribution in [0.2, 0.25) is 0 Å². The highest BCUT2D eigenvalue weighted by Crippen LogP contribution is 2.64. The number of nitro groups is 1. The molecule has 5 atom stereocenters. The third-order valence-corrected chi connectivity index (χ3v) is 15.1. The first-order valence-electron chi connectivity index (χ1n) is 20.3. The van der Waals surface area contributed by atoms with E-state index in [2.05, 4.69) is 0 Å². The first-order chi connectivity index (χ1) is 32.8. The van der Waals surface area contributed by atoms with Gasteiger partial charge in [0.1, 0.15) is 6.10 Å². The van der Waals surface area contributed by atoms with Crippen molar-refractivity contribution in [2.75, 3.05) is 40.0 Å². The Hall–Kier alpha value is -4.47. The lowest BCUT2D eigenvalue weighted by atomic mass is 9.88. The van der Waals surface area contributed by atoms with Crippen molar-refractivity contribution >= 4 is 25.7 Å². The van der Waals surface area contributed by atoms with Crippen LogP contribution in [0.5, 0.6) is 0 Å². The van der Waals surface area contributed by atoms with Crippen molar-refractivity contribution < 1.29 is 115 Å². The van der Waals surface area contributed by atoms with Crippen LogP contribution in [0, 0.1) is 17.0 Å². The highest BCUT2D eigenvalue weighted by Gasteiger charge is 2.95. The quantitative estimate of drug-likeness (QED) is 0.0367. The van der Waals surface area contributed by atoms with Gasteiger partial charge in [0.05, 0.1) is 40.1 Å². The Morgan fingerprint density at radius 2 is 1.29 bits per heavy atom. The molecule has 0 aromatic heterocycles. The number of hydrogen-bond acceptors (Lipinski definition) is 10. The smallest absolute Gasteiger partial charge is 0.370 e. The molecule has 13 nitrogen and oxygen atoms in total. The standard InChI is InChI=1S/C40H38F17N3O10S2/c1-23-5-11-29(12-6-23)71(63,64)58(16-15-33(41,42)34(43,44)35(45,46)36(47,48)37(49,50)38(51,52)39(53,54)40(55,56)57)20-24-18-31(69-22-24)32(67-2)70-28-10-7-26(19-27-4-3-17-68-27)59(21-28)72(65,66)30-13-8-25(9-14-30)60(61)62/h3-14,18,26-28,31-32H,15-17,19-22H2,1-2H3/t26-,27-,28+,31-,32+/m1/s1. The van der Waals surface area contributed by atoms with Crippen LogP contribution in [-0.4, -0.2) is 149 Å². The molecule has 5 rings (SSSR count). The summed E-state index contributed by atoms with van der Waals surface area (Å²) >= 11 is 0. The van der Waals surface area contributed by atoms with Gasteiger partial charge in [-0.2, -0.15) is 83.2 Å². The number of nitro benzene ring substituents is 1. The van der Waals surface area contributed by atoms with Gasteiger partial charge >= 0.3 is 47.6 Å². The third-order valence-electron chi connectivity index (χ3n) is 11.3. The molecule has 0 saturated carbocycles. The van der Waals surface area contributed by atoms with Crippen LogP contribution in [0.3, 0.4) is 0 Å². The van der Waals surface area contributed by atoms with Crippen LogP contribution in [0.25, 0.3) is 0 Å². The van der Waals surface area contributed by atoms with Gasteiger partial charge in [-0.15, -0.1) is 0 Å². The van der Waals surface area contributed by atoms with E-state index in [0.29, 0.717) is 5.56 Å². The summed E-state index contributed by atoms with van der Waals surface area (Å²) in [5.74, 6) is -58.2. The highest BCUT2D eigenvalue weighted by atomic mass is 32.2. The van der Waals surface area contributed by atoms with E-state index in [0.717, 1.165) is 66.0 Å². The first-order valence-corrected chi connectivity index (χ1v) is 23.2. The first kappa shape index (κ1) is 58.4. The summed E-state index contributed by atoms with van der Waals surface area (Å²) in [5, 5.41) is 11.2. The van der Waals surface area contributed by atoms with Crippen LogP contribution >= 0.6 is 0 Å². The maximum Gasteiger partial charge on any atom is 0.460 e. The van der Waals surface area contributed by atoms with E-state index >= 15 is 8.78 Å². The lowest BCUT2D eigenvalue weighted by Crippen LogP contribution is -2.74. The molecule has 0 bridgehead atoms. The largest absolute Gasteiger partial charge is 0.460 e. The maximum atomic E-state index is 15.2. The fourth-order valence-electron chi connectivity index (χ4n) is 7.20. The number of sulfonamides is 2. The predicted molar refractivity (Wildman–Crippen MR) is 212 cm³/mol. The Balaban J connectivity index is 1.41. The zero-order chi connectivity index (χ0) is 54.5. The number of rotatable bonds is 22. The van der Waals surface area contributed by atoms with Gasteiger partial charge in [0.25, 0.3) is 5.69 Å². The number of aryl methyl sites for hydroxylation is 1. The van der Waals surface area contributed by atoms with Gasteiger partial charge in [-0.1, -0.05) is 42.0 Å². The summed E-state index contributed by atoms with van der Waals surface area (Å²) in [6.45, 7) is -2.92. The molecule has 32 heteroatoms. The average Bonchev–Trinajstić information content (AvgIpc) is 3.99. The molecule has 0 saturated heterocycles. The number of alkyl halides is 17. The van der Waals surface area contributed by atoms with Gasteiger partial charge in [-0.25, -0.2) is 16.8 Å². The molecule has 0 unspecified atom stereocenters. The van der Waals surface area contributed by atoms with E-state index in [1.807, 2.05) is 0 Å². The summed E-state index contributed by atoms with van der Waals surface area (Å²) in [6, 6.07) is 6.86. The predicted octanol–water partition coefficient (Wildman–Crippen LogP) is 8.95. The van der Waals surface area contributed by atoms with E-state index in [1.165, 1.54) is 19.1 Å². The summed E-state index contributed by atoms with van der Waals surface area (Å²) in [5.41, 5.74) is -0.360. The van der Waals surface area contributed by atoms with Gasteiger partial charge in [0, 0.05) is 51.3 Å². The Kier molecular flexibility index (Phi) is 16.5. The molecule has 0 radical (unpaired) electrons. The van der Waals surface area contributed by atoms with Gasteiger partial charge in [0.15, 0.2) is 6.29 Å². The Labute approximate surface area is 397 Å². The van der Waals surface area contributed by atoms with Crippen LogP contribution < -0.4 is 0 Å². The number of methoxy groups -OCH3 is 1. The van der Waals surface area contributed by atoms with Gasteiger partial charge < -0.3 is 18.9 Å². The molecular weight excluding hydrogens is 1070 g/mol. The van der Waals surface area contributed by atoms with Crippen molar-refractivity contribution in [3.05, 3.63) is 100 Å². The molecule has 0 N–H and O–H groups in total. The van der Waals surface area contributed by atoms with Crippen LogP contribution in [-0.2, 0) is 39.0 Å². The van der Waals surface area contributed by atoms with Crippen LogP contribution in [0.1, 0.15) is 18.4 Å². The fourth-order valence-corrected chi connectivity index (χ4v) is 10.3. The van der Waals surface area contributed by atoms with Crippen molar-refractivity contribution in [3.63, 3.8) is 0 Å². The number of benzene rings is 2. The topological polar surface area (TPSA) is 155 Å². The molecule has 2 aromatic carbocycles. The van der Waals surface area contributed by atoms with E-state index in [1.54, 1.807) is 12.2 Å². The molecular formula is C40H38F17N3O10S2. The zero-order valence-electron chi connectivity index (χ0n) is 36.5. The van der Waals surface area contributed by atoms with E-state index < -0.39 is 146 Å². The number of hydrogen-bond donors (Lipinski definition) is 0. The molecule has 0 aliphatic carbocycles. The number of non-ortho nitro benzene ring substituents is 1. The monoisotopic (exact) mass is 1110 g/mol. The average molecular weight is 1110 g/mol. The van der Waals surface area contributed by atoms with E-state index in [4.69, 9.17) is 18.9 Å². The second-order valence-electron chi connectivity index (χ2n) is 16.2. The maximum absolute atomic E-state index is 15.2. The SMILES string of the molecule is CO[C@@H](O[C@H]1C=C[C@H](C[C@H]2C=CCO2)N(S(=O)(=O)c2ccc([N+](=O)[O-])cc2)C1)[C@H]1C=C(CN(CCC(F)(F)C(F)(F)C(F)(F)C(F)(F)C(F)(F)C(F)(F)C(F)(F)C(F)(F)F)S(=O)(=O)c2ccc(C)cc2)CO1. The van der Waals surface area contributed by atoms with Gasteiger partial charge in [-0.05, 0) is 49.3 Å².